The molecule has 2 aromatic carbocycles. The second kappa shape index (κ2) is 8.04. The lowest BCUT2D eigenvalue weighted by Crippen LogP contribution is -2.37. The maximum Gasteiger partial charge on any atom is 0.230 e. The van der Waals surface area contributed by atoms with Crippen LogP contribution in [0.25, 0.3) is 0 Å². The molecule has 0 spiro atoms. The molecule has 3 aliphatic rings. The molecule has 1 aliphatic carbocycles. The molecule has 2 aromatic rings. The van der Waals surface area contributed by atoms with Crippen LogP contribution in [0.5, 0.6) is 0 Å². The van der Waals surface area contributed by atoms with E-state index in [1.807, 2.05) is 23.1 Å². The average molecular weight is 435 g/mol. The van der Waals surface area contributed by atoms with E-state index < -0.39 is 5.92 Å². The quantitative estimate of drug-likeness (QED) is 0.794. The Morgan fingerprint density at radius 3 is 2.62 bits per heavy atom. The van der Waals surface area contributed by atoms with Crippen molar-refractivity contribution in [2.75, 3.05) is 28.2 Å². The first-order valence-electron chi connectivity index (χ1n) is 11.2. The predicted molar refractivity (Wildman–Crippen MR) is 120 cm³/mol. The first-order valence-corrected chi connectivity index (χ1v) is 11.2. The topological polar surface area (TPSA) is 69.7 Å². The highest BCUT2D eigenvalue weighted by molar-refractivity contribution is 6.04. The summed E-state index contributed by atoms with van der Waals surface area (Å²) in [6.07, 6.45) is 3.99. The molecule has 1 N–H and O–H groups in total. The maximum atomic E-state index is 13.3. The molecule has 7 heteroatoms. The van der Waals surface area contributed by atoms with E-state index in [4.69, 9.17) is 0 Å². The molecule has 0 unspecified atom stereocenters. The number of hydrogen-bond donors (Lipinski definition) is 1. The van der Waals surface area contributed by atoms with Gasteiger partial charge in [-0.1, -0.05) is 6.42 Å². The summed E-state index contributed by atoms with van der Waals surface area (Å²) in [6, 6.07) is 9.98. The monoisotopic (exact) mass is 435 g/mol. The van der Waals surface area contributed by atoms with E-state index in [1.165, 1.54) is 18.2 Å². The Morgan fingerprint density at radius 1 is 1.09 bits per heavy atom. The lowest BCUT2D eigenvalue weighted by molar-refractivity contribution is -0.124. The highest BCUT2D eigenvalue weighted by atomic mass is 19.1. The van der Waals surface area contributed by atoms with Crippen LogP contribution in [0.15, 0.2) is 36.4 Å². The van der Waals surface area contributed by atoms with Crippen molar-refractivity contribution in [2.24, 2.45) is 11.8 Å². The molecule has 2 fully saturated rings. The summed E-state index contributed by atoms with van der Waals surface area (Å²) in [7, 11) is 0. The zero-order valence-electron chi connectivity index (χ0n) is 18.1. The molecule has 32 heavy (non-hydrogen) atoms. The van der Waals surface area contributed by atoms with Gasteiger partial charge in [0.15, 0.2) is 0 Å². The molecule has 0 bridgehead atoms. The standard InChI is InChI=1S/C25H26FN3O3/c1-15-11-19(26)5-7-21(15)27-24(31)18-13-23(30)29(14-18)20-6-8-22-17(12-20)9-10-28(22)25(32)16-3-2-4-16/h5-8,11-12,16,18H,2-4,9-10,13-14H2,1H3,(H,27,31)/t18-/m0/s1. The van der Waals surface area contributed by atoms with Crippen molar-refractivity contribution in [3.8, 4) is 0 Å². The lowest BCUT2D eigenvalue weighted by Gasteiger charge is -2.29. The van der Waals surface area contributed by atoms with Crippen molar-refractivity contribution in [1.29, 1.82) is 0 Å². The Bertz CT molecular complexity index is 1110. The Morgan fingerprint density at radius 2 is 1.91 bits per heavy atom. The van der Waals surface area contributed by atoms with Crippen molar-refractivity contribution < 1.29 is 18.8 Å². The van der Waals surface area contributed by atoms with Crippen LogP contribution in [0.4, 0.5) is 21.5 Å². The zero-order chi connectivity index (χ0) is 22.4. The van der Waals surface area contributed by atoms with Gasteiger partial charge in [0.1, 0.15) is 5.82 Å². The van der Waals surface area contributed by atoms with E-state index >= 15 is 0 Å². The van der Waals surface area contributed by atoms with E-state index in [0.29, 0.717) is 24.3 Å². The first-order chi connectivity index (χ1) is 15.4. The Balaban J connectivity index is 1.28. The van der Waals surface area contributed by atoms with Crippen molar-refractivity contribution in [3.05, 3.63) is 53.3 Å². The Hall–Kier alpha value is -3.22. The molecule has 0 aromatic heterocycles. The molecule has 166 valence electrons. The van der Waals surface area contributed by atoms with Gasteiger partial charge in [-0.15, -0.1) is 0 Å². The van der Waals surface area contributed by atoms with Crippen LogP contribution < -0.4 is 15.1 Å². The van der Waals surface area contributed by atoms with Gasteiger partial charge in [0.05, 0.1) is 5.92 Å². The van der Waals surface area contributed by atoms with Crippen LogP contribution >= 0.6 is 0 Å². The number of carbonyl (C=O) groups is 3. The molecular formula is C25H26FN3O3. The average Bonchev–Trinajstić information content (AvgIpc) is 3.31. The third-order valence-corrected chi connectivity index (χ3v) is 6.93. The minimum absolute atomic E-state index is 0.0960. The predicted octanol–water partition coefficient (Wildman–Crippen LogP) is 3.81. The summed E-state index contributed by atoms with van der Waals surface area (Å²) in [5.74, 6) is -0.794. The van der Waals surface area contributed by atoms with Gasteiger partial charge in [-0.25, -0.2) is 4.39 Å². The fourth-order valence-corrected chi connectivity index (χ4v) is 4.80. The lowest BCUT2D eigenvalue weighted by atomic mass is 9.84. The molecule has 2 aliphatic heterocycles. The molecule has 5 rings (SSSR count). The first kappa shape index (κ1) is 20.7. The van der Waals surface area contributed by atoms with Gasteiger partial charge < -0.3 is 15.1 Å². The van der Waals surface area contributed by atoms with E-state index in [9.17, 15) is 18.8 Å². The fourth-order valence-electron chi connectivity index (χ4n) is 4.80. The number of halogens is 1. The molecule has 0 radical (unpaired) electrons. The normalized spacial score (nSPS) is 20.3. The molecule has 1 atom stereocenters. The number of nitrogens with one attached hydrogen (secondary N) is 1. The van der Waals surface area contributed by atoms with Gasteiger partial charge in [0.25, 0.3) is 0 Å². The third-order valence-electron chi connectivity index (χ3n) is 6.93. The summed E-state index contributed by atoms with van der Waals surface area (Å²) in [4.78, 5) is 41.7. The van der Waals surface area contributed by atoms with Crippen LogP contribution in [-0.4, -0.2) is 30.8 Å². The number of hydrogen-bond acceptors (Lipinski definition) is 3. The minimum Gasteiger partial charge on any atom is -0.326 e. The minimum atomic E-state index is -0.475. The zero-order valence-corrected chi connectivity index (χ0v) is 18.1. The fraction of sp³-hybridized carbons (Fsp3) is 0.400. The van der Waals surface area contributed by atoms with Gasteiger partial charge in [0, 0.05) is 42.5 Å². The van der Waals surface area contributed by atoms with E-state index in [-0.39, 0.29) is 35.9 Å². The number of rotatable bonds is 4. The highest BCUT2D eigenvalue weighted by Gasteiger charge is 2.37. The van der Waals surface area contributed by atoms with Gasteiger partial charge in [0.2, 0.25) is 17.7 Å². The second-order valence-electron chi connectivity index (χ2n) is 9.03. The highest BCUT2D eigenvalue weighted by Crippen LogP contribution is 2.37. The Kier molecular flexibility index (Phi) is 5.19. The van der Waals surface area contributed by atoms with E-state index in [2.05, 4.69) is 5.32 Å². The second-order valence-corrected chi connectivity index (χ2v) is 9.03. The number of benzene rings is 2. The maximum absolute atomic E-state index is 13.3. The third kappa shape index (κ3) is 3.66. The smallest absolute Gasteiger partial charge is 0.230 e. The number of carbonyl (C=O) groups excluding carboxylic acids is 3. The molecule has 1 saturated heterocycles. The molecular weight excluding hydrogens is 409 g/mol. The number of anilines is 3. The molecule has 2 heterocycles. The van der Waals surface area contributed by atoms with Gasteiger partial charge in [-0.05, 0) is 73.7 Å². The Labute approximate surface area is 186 Å². The van der Waals surface area contributed by atoms with Crippen molar-refractivity contribution >= 4 is 34.8 Å². The van der Waals surface area contributed by atoms with Gasteiger partial charge in [-0.2, -0.15) is 0 Å². The molecule has 1 saturated carbocycles. The van der Waals surface area contributed by atoms with Crippen LogP contribution in [0.2, 0.25) is 0 Å². The number of amides is 3. The van der Waals surface area contributed by atoms with E-state index in [1.54, 1.807) is 11.8 Å². The summed E-state index contributed by atoms with van der Waals surface area (Å²) in [5.41, 5.74) is 3.96. The summed E-state index contributed by atoms with van der Waals surface area (Å²) >= 11 is 0. The van der Waals surface area contributed by atoms with Crippen molar-refractivity contribution in [1.82, 2.24) is 0 Å². The summed E-state index contributed by atoms with van der Waals surface area (Å²) in [5, 5.41) is 2.82. The SMILES string of the molecule is Cc1cc(F)ccc1NC(=O)[C@H]1CC(=O)N(c2ccc3c(c2)CCN3C(=O)C2CCC2)C1. The van der Waals surface area contributed by atoms with Crippen LogP contribution in [0.3, 0.4) is 0 Å². The summed E-state index contributed by atoms with van der Waals surface area (Å²) < 4.78 is 13.3. The van der Waals surface area contributed by atoms with Crippen molar-refractivity contribution in [2.45, 2.75) is 39.0 Å². The van der Waals surface area contributed by atoms with Crippen LogP contribution in [-0.2, 0) is 20.8 Å². The number of aryl methyl sites for hydroxylation is 1. The van der Waals surface area contributed by atoms with Crippen LogP contribution in [0.1, 0.15) is 36.8 Å². The molecule has 3 amide bonds. The van der Waals surface area contributed by atoms with Crippen LogP contribution in [0, 0.1) is 24.6 Å². The van der Waals surface area contributed by atoms with Crippen molar-refractivity contribution in [3.63, 3.8) is 0 Å². The molecule has 6 nitrogen and oxygen atoms in total. The van der Waals surface area contributed by atoms with Gasteiger partial charge >= 0.3 is 0 Å². The largest absolute Gasteiger partial charge is 0.326 e. The number of nitrogens with zero attached hydrogens (tertiary/aromatic N) is 2. The van der Waals surface area contributed by atoms with Gasteiger partial charge in [-0.3, -0.25) is 14.4 Å². The number of fused-ring (bicyclic) bond motifs is 1. The summed E-state index contributed by atoms with van der Waals surface area (Å²) in [6.45, 7) is 2.72. The van der Waals surface area contributed by atoms with E-state index in [0.717, 1.165) is 42.6 Å².